The van der Waals surface area contributed by atoms with E-state index in [0.29, 0.717) is 16.6 Å². The summed E-state index contributed by atoms with van der Waals surface area (Å²) in [6.07, 6.45) is 9.63. The summed E-state index contributed by atoms with van der Waals surface area (Å²) in [5.41, 5.74) is 18.9. The molecule has 4 nitrogen and oxygen atoms in total. The van der Waals surface area contributed by atoms with Crippen molar-refractivity contribution in [1.29, 1.82) is 0 Å². The predicted molar refractivity (Wildman–Crippen MR) is 116 cm³/mol. The first kappa shape index (κ1) is 17.0. The van der Waals surface area contributed by atoms with Gasteiger partial charge in [0.05, 0.1) is 9.58 Å². The number of aromatic nitrogens is 1. The highest BCUT2D eigenvalue weighted by molar-refractivity contribution is 7.21. The van der Waals surface area contributed by atoms with Crippen LogP contribution in [-0.2, 0) is 0 Å². The number of carbonyl (C=O) groups excluding carboxylic acids is 1. The molecular formula is C23H19N3OS. The number of nitrogens with two attached hydrogens (primary N) is 2. The Bertz CT molecular complexity index is 1250. The first-order valence-corrected chi connectivity index (χ1v) is 10.0. The van der Waals surface area contributed by atoms with E-state index in [4.69, 9.17) is 11.5 Å². The number of rotatable bonds is 3. The lowest BCUT2D eigenvalue weighted by Crippen LogP contribution is -2.15. The molecule has 1 atom stereocenters. The molecular weight excluding hydrogens is 366 g/mol. The molecule has 1 aromatic carbocycles. The molecule has 138 valence electrons. The van der Waals surface area contributed by atoms with Crippen molar-refractivity contribution in [2.45, 2.75) is 13.3 Å². The second kappa shape index (κ2) is 6.17. The molecule has 6 rings (SSSR count). The van der Waals surface area contributed by atoms with Crippen LogP contribution in [0.15, 0.2) is 65.9 Å². The van der Waals surface area contributed by atoms with E-state index in [0.717, 1.165) is 33.2 Å². The van der Waals surface area contributed by atoms with Crippen LogP contribution in [0.4, 0.5) is 5.82 Å². The van der Waals surface area contributed by atoms with Gasteiger partial charge in [-0.05, 0) is 41.2 Å². The smallest absolute Gasteiger partial charge is 0.258 e. The third-order valence-electron chi connectivity index (χ3n) is 5.68. The summed E-state index contributed by atoms with van der Waals surface area (Å²) in [5.74, 6) is 0.538. The van der Waals surface area contributed by atoms with Crippen molar-refractivity contribution in [3.8, 4) is 11.1 Å². The molecule has 4 N–H and O–H groups in total. The van der Waals surface area contributed by atoms with E-state index in [1.165, 1.54) is 28.1 Å². The van der Waals surface area contributed by atoms with Gasteiger partial charge in [0.25, 0.3) is 5.91 Å². The summed E-state index contributed by atoms with van der Waals surface area (Å²) in [6.45, 7) is 2.26. The van der Waals surface area contributed by atoms with Crippen molar-refractivity contribution < 1.29 is 4.79 Å². The van der Waals surface area contributed by atoms with Gasteiger partial charge in [-0.3, -0.25) is 4.79 Å². The molecule has 3 aliphatic carbocycles. The number of fused-ring (bicyclic) bond motifs is 3. The van der Waals surface area contributed by atoms with E-state index >= 15 is 0 Å². The Morgan fingerprint density at radius 3 is 2.79 bits per heavy atom. The van der Waals surface area contributed by atoms with Gasteiger partial charge in [-0.1, -0.05) is 54.5 Å². The third kappa shape index (κ3) is 2.59. The number of primary amides is 1. The number of allylic oxidation sites excluding steroid dienone is 6. The number of pyridine rings is 1. The number of carbonyl (C=O) groups is 1. The maximum absolute atomic E-state index is 11.6. The topological polar surface area (TPSA) is 82.0 Å². The Balaban J connectivity index is 1.63. The molecule has 3 aromatic rings. The average molecular weight is 385 g/mol. The van der Waals surface area contributed by atoms with Gasteiger partial charge < -0.3 is 11.5 Å². The molecule has 0 radical (unpaired) electrons. The molecule has 1 fully saturated rings. The van der Waals surface area contributed by atoms with Crippen LogP contribution in [0.5, 0.6) is 0 Å². The van der Waals surface area contributed by atoms with E-state index in [-0.39, 0.29) is 0 Å². The predicted octanol–water partition coefficient (Wildman–Crippen LogP) is 4.93. The van der Waals surface area contributed by atoms with Gasteiger partial charge in [-0.15, -0.1) is 11.3 Å². The first-order chi connectivity index (χ1) is 13.5. The summed E-state index contributed by atoms with van der Waals surface area (Å²) in [7, 11) is 0. The highest BCUT2D eigenvalue weighted by Crippen LogP contribution is 2.43. The van der Waals surface area contributed by atoms with E-state index < -0.39 is 5.91 Å². The number of hydrogen-bond donors (Lipinski definition) is 2. The second-order valence-electron chi connectivity index (χ2n) is 7.34. The SMILES string of the molecule is CC1C2=CC=C(c3cccc(-c4cnc(N)c5sc(C(N)=O)cc45)c3)C=C1C2. The first-order valence-electron chi connectivity index (χ1n) is 9.21. The van der Waals surface area contributed by atoms with Crippen molar-refractivity contribution in [3.63, 3.8) is 0 Å². The molecule has 28 heavy (non-hydrogen) atoms. The minimum absolute atomic E-state index is 0.420. The van der Waals surface area contributed by atoms with Crippen LogP contribution in [-0.4, -0.2) is 10.9 Å². The van der Waals surface area contributed by atoms with Gasteiger partial charge in [0, 0.05) is 17.1 Å². The van der Waals surface area contributed by atoms with E-state index in [2.05, 4.69) is 54.4 Å². The zero-order chi connectivity index (χ0) is 19.4. The van der Waals surface area contributed by atoms with Crippen LogP contribution in [0.25, 0.3) is 26.8 Å². The Morgan fingerprint density at radius 2 is 2.00 bits per heavy atom. The Kier molecular flexibility index (Phi) is 3.74. The van der Waals surface area contributed by atoms with Gasteiger partial charge in [0.15, 0.2) is 0 Å². The van der Waals surface area contributed by atoms with Crippen molar-refractivity contribution >= 4 is 38.7 Å². The van der Waals surface area contributed by atoms with E-state index in [9.17, 15) is 4.79 Å². The molecule has 3 aliphatic rings. The normalized spacial score (nSPS) is 18.0. The minimum atomic E-state index is -0.448. The number of amides is 1. The van der Waals surface area contributed by atoms with E-state index in [1.807, 2.05) is 6.07 Å². The standard InChI is InChI=1S/C23H19N3OS/c1-12-13-5-6-15(9-17(12)7-13)14-3-2-4-16(8-14)19-11-26-22(24)21-18(19)10-20(28-21)23(25)27/h2-6,8-12H,7H2,1H3,(H2,24,26)(H2,25,27). The van der Waals surface area contributed by atoms with Crippen molar-refractivity contribution in [2.75, 3.05) is 5.73 Å². The van der Waals surface area contributed by atoms with Crippen molar-refractivity contribution in [3.05, 3.63) is 76.3 Å². The fourth-order valence-corrected chi connectivity index (χ4v) is 4.85. The minimum Gasteiger partial charge on any atom is -0.383 e. The van der Waals surface area contributed by atoms with Crippen molar-refractivity contribution in [2.24, 2.45) is 11.7 Å². The quantitative estimate of drug-likeness (QED) is 0.670. The molecule has 1 amide bonds. The van der Waals surface area contributed by atoms with Crippen LogP contribution in [0.3, 0.4) is 0 Å². The molecule has 5 heteroatoms. The van der Waals surface area contributed by atoms with Crippen LogP contribution >= 0.6 is 11.3 Å². The summed E-state index contributed by atoms with van der Waals surface area (Å²) >= 11 is 1.29. The van der Waals surface area contributed by atoms with E-state index in [1.54, 1.807) is 6.20 Å². The summed E-state index contributed by atoms with van der Waals surface area (Å²) < 4.78 is 0.798. The second-order valence-corrected chi connectivity index (χ2v) is 8.39. The molecule has 1 saturated carbocycles. The highest BCUT2D eigenvalue weighted by Gasteiger charge is 2.27. The summed E-state index contributed by atoms with van der Waals surface area (Å²) in [6, 6.07) is 10.2. The highest BCUT2D eigenvalue weighted by atomic mass is 32.1. The van der Waals surface area contributed by atoms with Gasteiger partial charge >= 0.3 is 0 Å². The zero-order valence-corrected chi connectivity index (χ0v) is 16.2. The van der Waals surface area contributed by atoms with Crippen LogP contribution < -0.4 is 11.5 Å². The lowest BCUT2D eigenvalue weighted by atomic mass is 9.75. The maximum Gasteiger partial charge on any atom is 0.258 e. The van der Waals surface area contributed by atoms with Gasteiger partial charge in [0.1, 0.15) is 5.82 Å². The third-order valence-corrected chi connectivity index (χ3v) is 6.85. The van der Waals surface area contributed by atoms with Gasteiger partial charge in [-0.2, -0.15) is 0 Å². The number of hydrogen-bond acceptors (Lipinski definition) is 4. The van der Waals surface area contributed by atoms with Gasteiger partial charge in [-0.25, -0.2) is 4.98 Å². The fourth-order valence-electron chi connectivity index (χ4n) is 3.91. The number of anilines is 1. The monoisotopic (exact) mass is 385 g/mol. The molecule has 2 bridgehead atoms. The molecule has 1 unspecified atom stereocenters. The lowest BCUT2D eigenvalue weighted by molar-refractivity contribution is 0.100. The average Bonchev–Trinajstić information content (AvgIpc) is 2.94. The zero-order valence-electron chi connectivity index (χ0n) is 15.4. The molecule has 0 aliphatic heterocycles. The van der Waals surface area contributed by atoms with Crippen LogP contribution in [0.1, 0.15) is 28.6 Å². The number of thiophene rings is 1. The van der Waals surface area contributed by atoms with Gasteiger partial charge in [0.2, 0.25) is 0 Å². The Morgan fingerprint density at radius 1 is 1.18 bits per heavy atom. The molecule has 0 spiro atoms. The van der Waals surface area contributed by atoms with Crippen molar-refractivity contribution in [1.82, 2.24) is 4.98 Å². The largest absolute Gasteiger partial charge is 0.383 e. The van der Waals surface area contributed by atoms with Crippen LogP contribution in [0.2, 0.25) is 0 Å². The molecule has 0 saturated heterocycles. The Hall–Kier alpha value is -3.18. The molecule has 2 aromatic heterocycles. The van der Waals surface area contributed by atoms with Crippen LogP contribution in [0, 0.1) is 5.92 Å². The lowest BCUT2D eigenvalue weighted by Gasteiger charge is -2.29. The molecule has 2 heterocycles. The number of nitrogens with zero attached hydrogens (tertiary/aromatic N) is 1. The fraction of sp³-hybridized carbons (Fsp3) is 0.130. The maximum atomic E-state index is 11.6. The number of nitrogen functional groups attached to an aromatic ring is 1. The summed E-state index contributed by atoms with van der Waals surface area (Å²) in [4.78, 5) is 16.5. The Labute approximate surface area is 166 Å². The summed E-state index contributed by atoms with van der Waals surface area (Å²) in [5, 5.41) is 0.912. The number of benzene rings is 1.